The van der Waals surface area contributed by atoms with Crippen LogP contribution in [0.2, 0.25) is 5.02 Å². The molecule has 1 aromatic rings. The van der Waals surface area contributed by atoms with E-state index in [0.29, 0.717) is 26.0 Å². The second-order valence-electron chi connectivity index (χ2n) is 9.17. The summed E-state index contributed by atoms with van der Waals surface area (Å²) in [5.74, 6) is -1.63. The largest absolute Gasteiger partial charge is 0.464 e. The van der Waals surface area contributed by atoms with Gasteiger partial charge in [-0.1, -0.05) is 102 Å². The fourth-order valence-electron chi connectivity index (χ4n) is 4.47. The quantitative estimate of drug-likeness (QED) is 0.179. The molecule has 1 amide bonds. The van der Waals surface area contributed by atoms with Gasteiger partial charge in [0.1, 0.15) is 6.04 Å². The van der Waals surface area contributed by atoms with E-state index in [1.165, 1.54) is 87.3 Å². The molecule has 0 aromatic heterocycles. The minimum atomic E-state index is -0.741. The van der Waals surface area contributed by atoms with Crippen LogP contribution in [0.15, 0.2) is 18.2 Å². The molecule has 1 fully saturated rings. The number of benzene rings is 1. The first-order valence-corrected chi connectivity index (χ1v) is 13.4. The lowest BCUT2D eigenvalue weighted by Crippen LogP contribution is -2.41. The summed E-state index contributed by atoms with van der Waals surface area (Å²) in [6.45, 7) is 3.05. The summed E-state index contributed by atoms with van der Waals surface area (Å²) in [5, 5.41) is -0.0958. The molecule has 1 atom stereocenters. The van der Waals surface area contributed by atoms with E-state index in [9.17, 15) is 14.0 Å². The lowest BCUT2D eigenvalue weighted by molar-refractivity contribution is -0.148. The molecule has 0 N–H and O–H groups in total. The number of hydrogen-bond donors (Lipinski definition) is 0. The Hall–Kier alpha value is -1.62. The monoisotopic (exact) mass is 481 g/mol. The Labute approximate surface area is 204 Å². The normalized spacial score (nSPS) is 15.7. The summed E-state index contributed by atoms with van der Waals surface area (Å²) in [7, 11) is 0. The number of nitrogens with zero attached hydrogens (tertiary/aromatic N) is 1. The number of hydrogen-bond acceptors (Lipinski definition) is 3. The van der Waals surface area contributed by atoms with E-state index in [-0.39, 0.29) is 16.6 Å². The SMILES string of the molecule is CCCCCCCCCCCCCCCOC(=O)C1CCCN1C(=O)c1cccc(Cl)c1F. The molecule has 0 bridgehead atoms. The van der Waals surface area contributed by atoms with Gasteiger partial charge in [-0.25, -0.2) is 9.18 Å². The topological polar surface area (TPSA) is 46.6 Å². The third kappa shape index (κ3) is 9.64. The van der Waals surface area contributed by atoms with Crippen molar-refractivity contribution in [1.29, 1.82) is 0 Å². The molecule has 0 spiro atoms. The van der Waals surface area contributed by atoms with Crippen molar-refractivity contribution in [2.75, 3.05) is 13.2 Å². The van der Waals surface area contributed by atoms with Crippen LogP contribution in [0.3, 0.4) is 0 Å². The van der Waals surface area contributed by atoms with Crippen molar-refractivity contribution >= 4 is 23.5 Å². The summed E-state index contributed by atoms with van der Waals surface area (Å²) >= 11 is 5.80. The van der Waals surface area contributed by atoms with E-state index in [4.69, 9.17) is 16.3 Å². The number of likely N-dealkylation sites (tertiary alicyclic amines) is 1. The molecular weight excluding hydrogens is 441 g/mol. The summed E-state index contributed by atoms with van der Waals surface area (Å²) in [5.41, 5.74) is -0.0984. The van der Waals surface area contributed by atoms with Gasteiger partial charge in [-0.15, -0.1) is 0 Å². The molecule has 4 nitrogen and oxygen atoms in total. The maximum absolute atomic E-state index is 14.2. The zero-order valence-electron chi connectivity index (χ0n) is 20.3. The average Bonchev–Trinajstić information content (AvgIpc) is 3.30. The molecule has 33 heavy (non-hydrogen) atoms. The van der Waals surface area contributed by atoms with Crippen LogP contribution in [-0.2, 0) is 9.53 Å². The highest BCUT2D eigenvalue weighted by molar-refractivity contribution is 6.31. The molecule has 1 heterocycles. The number of ether oxygens (including phenoxy) is 1. The maximum Gasteiger partial charge on any atom is 0.328 e. The van der Waals surface area contributed by atoms with E-state index in [1.54, 1.807) is 0 Å². The van der Waals surface area contributed by atoms with Gasteiger partial charge in [0.05, 0.1) is 17.2 Å². The van der Waals surface area contributed by atoms with E-state index >= 15 is 0 Å². The van der Waals surface area contributed by atoms with Crippen LogP contribution in [0.4, 0.5) is 4.39 Å². The first-order chi connectivity index (χ1) is 16.1. The van der Waals surface area contributed by atoms with Gasteiger partial charge in [-0.05, 0) is 31.4 Å². The fraction of sp³-hybridized carbons (Fsp3) is 0.704. The number of unbranched alkanes of at least 4 members (excludes halogenated alkanes) is 12. The van der Waals surface area contributed by atoms with E-state index in [2.05, 4.69) is 6.92 Å². The third-order valence-electron chi connectivity index (χ3n) is 6.46. The summed E-state index contributed by atoms with van der Waals surface area (Å²) < 4.78 is 19.7. The van der Waals surface area contributed by atoms with Gasteiger partial charge in [0, 0.05) is 6.54 Å². The predicted molar refractivity (Wildman–Crippen MR) is 132 cm³/mol. The van der Waals surface area contributed by atoms with E-state index in [1.807, 2.05) is 0 Å². The Morgan fingerprint density at radius 1 is 0.970 bits per heavy atom. The highest BCUT2D eigenvalue weighted by Gasteiger charge is 2.36. The van der Waals surface area contributed by atoms with E-state index < -0.39 is 17.8 Å². The van der Waals surface area contributed by atoms with Crippen LogP contribution < -0.4 is 0 Å². The Balaban J connectivity index is 1.55. The first-order valence-electron chi connectivity index (χ1n) is 13.0. The number of carbonyl (C=O) groups excluding carboxylic acids is 2. The molecule has 1 aliphatic rings. The van der Waals surface area contributed by atoms with Crippen molar-refractivity contribution in [2.24, 2.45) is 0 Å². The average molecular weight is 482 g/mol. The molecule has 1 unspecified atom stereocenters. The van der Waals surface area contributed by atoms with Crippen LogP contribution >= 0.6 is 11.6 Å². The smallest absolute Gasteiger partial charge is 0.328 e. The van der Waals surface area contributed by atoms with Crippen molar-refractivity contribution in [3.8, 4) is 0 Å². The van der Waals surface area contributed by atoms with Crippen LogP contribution in [0, 0.1) is 5.82 Å². The number of esters is 1. The van der Waals surface area contributed by atoms with Gasteiger partial charge in [0.15, 0.2) is 5.82 Å². The minimum absolute atomic E-state index is 0.0958. The second-order valence-corrected chi connectivity index (χ2v) is 9.58. The fourth-order valence-corrected chi connectivity index (χ4v) is 4.64. The number of rotatable bonds is 16. The Kier molecular flexibility index (Phi) is 13.5. The zero-order chi connectivity index (χ0) is 23.9. The Morgan fingerprint density at radius 2 is 1.55 bits per heavy atom. The van der Waals surface area contributed by atoms with Crippen molar-refractivity contribution in [3.05, 3.63) is 34.6 Å². The number of halogens is 2. The van der Waals surface area contributed by atoms with Crippen LogP contribution in [0.5, 0.6) is 0 Å². The zero-order valence-corrected chi connectivity index (χ0v) is 21.0. The molecule has 0 saturated carbocycles. The third-order valence-corrected chi connectivity index (χ3v) is 6.75. The Morgan fingerprint density at radius 3 is 2.15 bits per heavy atom. The van der Waals surface area contributed by atoms with Crippen molar-refractivity contribution < 1.29 is 18.7 Å². The van der Waals surface area contributed by atoms with Gasteiger partial charge in [-0.2, -0.15) is 0 Å². The molecule has 186 valence electrons. The van der Waals surface area contributed by atoms with Crippen LogP contribution in [0.25, 0.3) is 0 Å². The number of amides is 1. The molecule has 1 saturated heterocycles. The lowest BCUT2D eigenvalue weighted by Gasteiger charge is -2.23. The first kappa shape index (κ1) is 27.6. The second kappa shape index (κ2) is 16.1. The highest BCUT2D eigenvalue weighted by Crippen LogP contribution is 2.25. The summed E-state index contributed by atoms with van der Waals surface area (Å²) in [4.78, 5) is 26.7. The molecule has 2 rings (SSSR count). The van der Waals surface area contributed by atoms with Gasteiger partial charge in [0.25, 0.3) is 5.91 Å². The van der Waals surface area contributed by atoms with Gasteiger partial charge in [0.2, 0.25) is 0 Å². The number of carbonyl (C=O) groups is 2. The predicted octanol–water partition coefficient (Wildman–Crippen LogP) is 7.72. The van der Waals surface area contributed by atoms with Gasteiger partial charge in [-0.3, -0.25) is 4.79 Å². The lowest BCUT2D eigenvalue weighted by atomic mass is 10.0. The van der Waals surface area contributed by atoms with Crippen LogP contribution in [0.1, 0.15) is 114 Å². The molecule has 6 heteroatoms. The highest BCUT2D eigenvalue weighted by atomic mass is 35.5. The van der Waals surface area contributed by atoms with Crippen molar-refractivity contribution in [2.45, 2.75) is 109 Å². The van der Waals surface area contributed by atoms with E-state index in [0.717, 1.165) is 19.3 Å². The molecule has 0 aliphatic carbocycles. The van der Waals surface area contributed by atoms with Gasteiger partial charge >= 0.3 is 5.97 Å². The summed E-state index contributed by atoms with van der Waals surface area (Å²) in [6.07, 6.45) is 17.7. The standard InChI is InChI=1S/C27H41ClFNO3/c1-2-3-4-5-6-7-8-9-10-11-12-13-14-21-33-27(32)24-19-16-20-30(24)26(31)22-17-15-18-23(28)25(22)29/h15,17-18,24H,2-14,16,19-21H2,1H3. The van der Waals surface area contributed by atoms with Crippen molar-refractivity contribution in [1.82, 2.24) is 4.90 Å². The molecular formula is C27H41ClFNO3. The minimum Gasteiger partial charge on any atom is -0.464 e. The maximum atomic E-state index is 14.2. The molecule has 0 radical (unpaired) electrons. The summed E-state index contributed by atoms with van der Waals surface area (Å²) in [6, 6.07) is 3.70. The Bertz CT molecular complexity index is 727. The molecule has 1 aromatic carbocycles. The van der Waals surface area contributed by atoms with Gasteiger partial charge < -0.3 is 9.64 Å². The molecule has 1 aliphatic heterocycles. The van der Waals surface area contributed by atoms with Crippen LogP contribution in [-0.4, -0.2) is 36.0 Å². The van der Waals surface area contributed by atoms with Crippen molar-refractivity contribution in [3.63, 3.8) is 0 Å².